The molecule has 1 N–H and O–H groups in total. The van der Waals surface area contributed by atoms with Crippen molar-refractivity contribution < 1.29 is 9.72 Å². The number of rotatable bonds is 5. The first-order chi connectivity index (χ1) is 10.1. The van der Waals surface area contributed by atoms with Gasteiger partial charge in [0.2, 0.25) is 5.91 Å². The lowest BCUT2D eigenvalue weighted by atomic mass is 10.1. The van der Waals surface area contributed by atoms with Crippen molar-refractivity contribution in [1.29, 1.82) is 5.26 Å². The molecule has 110 valence electrons. The minimum absolute atomic E-state index is 0.0101. The number of nitro benzene ring substituents is 1. The minimum atomic E-state index is -0.580. The number of anilines is 1. The molecular formula is C14H16N4O3. The van der Waals surface area contributed by atoms with Gasteiger partial charge in [-0.2, -0.15) is 5.26 Å². The highest BCUT2D eigenvalue weighted by molar-refractivity contribution is 5.77. The number of nitriles is 1. The second kappa shape index (κ2) is 6.70. The Hall–Kier alpha value is -2.62. The molecule has 1 aliphatic rings. The van der Waals surface area contributed by atoms with E-state index in [0.717, 1.165) is 25.9 Å². The van der Waals surface area contributed by atoms with Crippen molar-refractivity contribution >= 4 is 17.3 Å². The van der Waals surface area contributed by atoms with Gasteiger partial charge in [-0.25, -0.2) is 0 Å². The van der Waals surface area contributed by atoms with Crippen LogP contribution >= 0.6 is 0 Å². The molecule has 1 heterocycles. The summed E-state index contributed by atoms with van der Waals surface area (Å²) in [5.41, 5.74) is 0.0396. The number of amides is 1. The molecule has 0 unspecified atom stereocenters. The van der Waals surface area contributed by atoms with E-state index in [2.05, 4.69) is 5.32 Å². The van der Waals surface area contributed by atoms with Gasteiger partial charge in [-0.15, -0.1) is 0 Å². The Bertz CT molecular complexity index is 588. The lowest BCUT2D eigenvalue weighted by Crippen LogP contribution is -2.29. The molecule has 1 aromatic carbocycles. The highest BCUT2D eigenvalue weighted by Crippen LogP contribution is 2.27. The van der Waals surface area contributed by atoms with E-state index in [1.807, 2.05) is 4.90 Å². The predicted octanol–water partition coefficient (Wildman–Crippen LogP) is 1.89. The van der Waals surface area contributed by atoms with Gasteiger partial charge < -0.3 is 10.2 Å². The van der Waals surface area contributed by atoms with Crippen LogP contribution in [0.3, 0.4) is 0 Å². The number of hydrogen-bond acceptors (Lipinski definition) is 5. The summed E-state index contributed by atoms with van der Waals surface area (Å²) in [6.07, 6.45) is 2.36. The number of hydrogen-bond donors (Lipinski definition) is 1. The second-order valence-corrected chi connectivity index (χ2v) is 4.84. The van der Waals surface area contributed by atoms with Crippen LogP contribution in [0.25, 0.3) is 0 Å². The van der Waals surface area contributed by atoms with E-state index >= 15 is 0 Å². The Morgan fingerprint density at radius 1 is 1.43 bits per heavy atom. The van der Waals surface area contributed by atoms with Gasteiger partial charge in [-0.05, 0) is 25.0 Å². The topological polar surface area (TPSA) is 99.3 Å². The zero-order valence-electron chi connectivity index (χ0n) is 11.5. The average molecular weight is 288 g/mol. The molecule has 0 aromatic heterocycles. The quantitative estimate of drug-likeness (QED) is 0.658. The molecule has 1 saturated heterocycles. The van der Waals surface area contributed by atoms with Crippen molar-refractivity contribution in [2.45, 2.75) is 19.3 Å². The minimum Gasteiger partial charge on any atom is -0.379 e. The van der Waals surface area contributed by atoms with E-state index in [-0.39, 0.29) is 29.3 Å². The van der Waals surface area contributed by atoms with Gasteiger partial charge in [-0.3, -0.25) is 14.9 Å². The number of para-hydroxylation sites is 1. The first-order valence-corrected chi connectivity index (χ1v) is 6.82. The number of carbonyl (C=O) groups is 1. The lowest BCUT2D eigenvalue weighted by Gasteiger charge is -2.15. The Morgan fingerprint density at radius 2 is 2.14 bits per heavy atom. The molecular weight excluding hydrogens is 272 g/mol. The monoisotopic (exact) mass is 288 g/mol. The van der Waals surface area contributed by atoms with E-state index in [1.165, 1.54) is 6.07 Å². The van der Waals surface area contributed by atoms with Gasteiger partial charge in [0.05, 0.1) is 4.92 Å². The maximum Gasteiger partial charge on any atom is 0.309 e. The molecule has 2 rings (SSSR count). The van der Waals surface area contributed by atoms with Crippen LogP contribution in [0.1, 0.15) is 24.8 Å². The predicted molar refractivity (Wildman–Crippen MR) is 76.7 cm³/mol. The summed E-state index contributed by atoms with van der Waals surface area (Å²) >= 11 is 0. The molecule has 0 bridgehead atoms. The number of nitro groups is 1. The third kappa shape index (κ3) is 3.48. The zero-order valence-corrected chi connectivity index (χ0v) is 11.5. The zero-order chi connectivity index (χ0) is 15.2. The third-order valence-electron chi connectivity index (χ3n) is 3.45. The van der Waals surface area contributed by atoms with Crippen LogP contribution in [-0.2, 0) is 4.79 Å². The van der Waals surface area contributed by atoms with Crippen LogP contribution in [0.4, 0.5) is 11.4 Å². The maximum absolute atomic E-state index is 11.9. The molecule has 0 aliphatic carbocycles. The van der Waals surface area contributed by atoms with E-state index in [1.54, 1.807) is 18.2 Å². The third-order valence-corrected chi connectivity index (χ3v) is 3.45. The van der Waals surface area contributed by atoms with Gasteiger partial charge in [0, 0.05) is 26.1 Å². The fourth-order valence-corrected chi connectivity index (χ4v) is 2.40. The summed E-state index contributed by atoms with van der Waals surface area (Å²) in [4.78, 5) is 24.2. The normalized spacial score (nSPS) is 13.8. The molecule has 0 saturated carbocycles. The van der Waals surface area contributed by atoms with Gasteiger partial charge in [0.15, 0.2) is 0 Å². The van der Waals surface area contributed by atoms with Gasteiger partial charge in [0.1, 0.15) is 17.3 Å². The van der Waals surface area contributed by atoms with Crippen molar-refractivity contribution in [3.8, 4) is 6.07 Å². The summed E-state index contributed by atoms with van der Waals surface area (Å²) in [5.74, 6) is 0.0547. The van der Waals surface area contributed by atoms with Crippen molar-refractivity contribution in [3.05, 3.63) is 33.9 Å². The van der Waals surface area contributed by atoms with Crippen LogP contribution < -0.4 is 5.32 Å². The van der Waals surface area contributed by atoms with Crippen LogP contribution in [0.15, 0.2) is 18.2 Å². The van der Waals surface area contributed by atoms with Gasteiger partial charge in [-0.1, -0.05) is 6.07 Å². The van der Waals surface area contributed by atoms with Crippen molar-refractivity contribution in [1.82, 2.24) is 4.90 Å². The van der Waals surface area contributed by atoms with Gasteiger partial charge >= 0.3 is 5.69 Å². The smallest absolute Gasteiger partial charge is 0.309 e. The van der Waals surface area contributed by atoms with Crippen LogP contribution in [-0.4, -0.2) is 35.4 Å². The molecule has 21 heavy (non-hydrogen) atoms. The first-order valence-electron chi connectivity index (χ1n) is 6.82. The number of benzene rings is 1. The average Bonchev–Trinajstić information content (AvgIpc) is 3.00. The summed E-state index contributed by atoms with van der Waals surface area (Å²) in [7, 11) is 0. The van der Waals surface area contributed by atoms with E-state index in [0.29, 0.717) is 6.54 Å². The molecule has 0 spiro atoms. The first kappa shape index (κ1) is 14.8. The molecule has 1 aliphatic heterocycles. The molecule has 1 aromatic rings. The van der Waals surface area contributed by atoms with Gasteiger partial charge in [0.25, 0.3) is 0 Å². The SMILES string of the molecule is N#Cc1cccc(NCCC(=O)N2CCCC2)c1[N+](=O)[O-]. The summed E-state index contributed by atoms with van der Waals surface area (Å²) < 4.78 is 0. The van der Waals surface area contributed by atoms with Crippen LogP contribution in [0.2, 0.25) is 0 Å². The Kier molecular flexibility index (Phi) is 4.72. The lowest BCUT2D eigenvalue weighted by molar-refractivity contribution is -0.384. The number of likely N-dealkylation sites (tertiary alicyclic amines) is 1. The highest BCUT2D eigenvalue weighted by atomic mass is 16.6. The summed E-state index contributed by atoms with van der Waals surface area (Å²) in [6, 6.07) is 6.33. The molecule has 7 nitrogen and oxygen atoms in total. The Balaban J connectivity index is 1.98. The van der Waals surface area contributed by atoms with E-state index < -0.39 is 4.92 Å². The molecule has 1 amide bonds. The molecule has 1 fully saturated rings. The van der Waals surface area contributed by atoms with Crippen molar-refractivity contribution in [2.75, 3.05) is 25.0 Å². The largest absolute Gasteiger partial charge is 0.379 e. The fourth-order valence-electron chi connectivity index (χ4n) is 2.40. The standard InChI is InChI=1S/C14H16N4O3/c15-10-11-4-3-5-12(14(11)18(20)21)16-7-6-13(19)17-8-1-2-9-17/h3-5,16H,1-2,6-9H2. The second-order valence-electron chi connectivity index (χ2n) is 4.84. The highest BCUT2D eigenvalue weighted by Gasteiger charge is 2.20. The van der Waals surface area contributed by atoms with E-state index in [4.69, 9.17) is 5.26 Å². The summed E-state index contributed by atoms with van der Waals surface area (Å²) in [6.45, 7) is 1.90. The van der Waals surface area contributed by atoms with E-state index in [9.17, 15) is 14.9 Å². The Morgan fingerprint density at radius 3 is 2.76 bits per heavy atom. The Labute approximate surface area is 122 Å². The number of carbonyl (C=O) groups excluding carboxylic acids is 1. The van der Waals surface area contributed by atoms with Crippen molar-refractivity contribution in [3.63, 3.8) is 0 Å². The molecule has 0 radical (unpaired) electrons. The van der Waals surface area contributed by atoms with Crippen LogP contribution in [0.5, 0.6) is 0 Å². The molecule has 0 atom stereocenters. The molecule has 7 heteroatoms. The van der Waals surface area contributed by atoms with Crippen LogP contribution in [0, 0.1) is 21.4 Å². The fraction of sp³-hybridized carbons (Fsp3) is 0.429. The van der Waals surface area contributed by atoms with Crippen molar-refractivity contribution in [2.24, 2.45) is 0 Å². The number of nitrogens with one attached hydrogen (secondary N) is 1. The number of nitrogens with zero attached hydrogens (tertiary/aromatic N) is 3. The summed E-state index contributed by atoms with van der Waals surface area (Å²) in [5, 5.41) is 22.8. The maximum atomic E-state index is 11.9.